The van der Waals surface area contributed by atoms with Crippen molar-refractivity contribution in [2.45, 2.75) is 26.4 Å². The average molecular weight is 334 g/mol. The lowest BCUT2D eigenvalue weighted by molar-refractivity contribution is 0.567. The van der Waals surface area contributed by atoms with Crippen molar-refractivity contribution in [1.29, 1.82) is 0 Å². The van der Waals surface area contributed by atoms with E-state index in [9.17, 15) is 4.79 Å². The minimum absolute atomic E-state index is 0.0281. The largest absolute Gasteiger partial charge is 0.305 e. The van der Waals surface area contributed by atoms with Gasteiger partial charge in [-0.25, -0.2) is 4.98 Å². The number of hydrogen-bond donors (Lipinski definition) is 1. The van der Waals surface area contributed by atoms with Crippen LogP contribution in [0.25, 0.3) is 4.96 Å². The molecule has 22 heavy (non-hydrogen) atoms. The van der Waals surface area contributed by atoms with Gasteiger partial charge in [0.25, 0.3) is 5.56 Å². The maximum Gasteiger partial charge on any atom is 0.259 e. The molecule has 0 aliphatic carbocycles. The summed E-state index contributed by atoms with van der Waals surface area (Å²) in [6.45, 7) is 4.53. The fourth-order valence-corrected chi connectivity index (χ4v) is 3.34. The molecule has 1 atom stereocenters. The molecule has 0 saturated heterocycles. The molecule has 2 heterocycles. The number of rotatable bonds is 4. The molecule has 114 valence electrons. The van der Waals surface area contributed by atoms with Gasteiger partial charge in [0.05, 0.1) is 5.69 Å². The van der Waals surface area contributed by atoms with E-state index in [0.717, 1.165) is 26.9 Å². The third-order valence-electron chi connectivity index (χ3n) is 3.59. The minimum Gasteiger partial charge on any atom is -0.305 e. The Balaban J connectivity index is 1.76. The fraction of sp³-hybridized carbons (Fsp3) is 0.250. The van der Waals surface area contributed by atoms with Crippen molar-refractivity contribution in [2.24, 2.45) is 0 Å². The van der Waals surface area contributed by atoms with Gasteiger partial charge in [-0.15, -0.1) is 11.3 Å². The van der Waals surface area contributed by atoms with E-state index in [0.29, 0.717) is 6.54 Å². The molecule has 0 radical (unpaired) electrons. The summed E-state index contributed by atoms with van der Waals surface area (Å²) in [5.74, 6) is 0. The van der Waals surface area contributed by atoms with Gasteiger partial charge < -0.3 is 5.32 Å². The van der Waals surface area contributed by atoms with Crippen molar-refractivity contribution in [3.05, 3.63) is 68.0 Å². The van der Waals surface area contributed by atoms with E-state index >= 15 is 0 Å². The van der Waals surface area contributed by atoms with Gasteiger partial charge in [-0.3, -0.25) is 9.20 Å². The number of thiazole rings is 1. The first kappa shape index (κ1) is 15.2. The van der Waals surface area contributed by atoms with Gasteiger partial charge in [-0.1, -0.05) is 23.7 Å². The maximum atomic E-state index is 12.1. The fourth-order valence-electron chi connectivity index (χ4n) is 2.32. The summed E-state index contributed by atoms with van der Waals surface area (Å²) in [6, 6.07) is 9.49. The summed E-state index contributed by atoms with van der Waals surface area (Å²) in [5.41, 5.74) is 2.80. The Hall–Kier alpha value is -1.69. The Morgan fingerprint density at radius 3 is 2.82 bits per heavy atom. The number of nitrogens with one attached hydrogen (secondary N) is 1. The molecule has 1 aromatic carbocycles. The van der Waals surface area contributed by atoms with Crippen LogP contribution in [0, 0.1) is 6.92 Å². The van der Waals surface area contributed by atoms with Crippen LogP contribution in [0.3, 0.4) is 0 Å². The molecular weight excluding hydrogens is 318 g/mol. The number of aromatic nitrogens is 2. The Morgan fingerprint density at radius 1 is 1.36 bits per heavy atom. The lowest BCUT2D eigenvalue weighted by Crippen LogP contribution is -2.22. The molecular formula is C16H16ClN3OS. The summed E-state index contributed by atoms with van der Waals surface area (Å²) in [7, 11) is 0. The topological polar surface area (TPSA) is 46.4 Å². The first-order valence-corrected chi connectivity index (χ1v) is 8.26. The molecule has 0 aliphatic rings. The zero-order valence-electron chi connectivity index (χ0n) is 12.3. The molecule has 0 spiro atoms. The number of nitrogens with zero attached hydrogens (tertiary/aromatic N) is 2. The van der Waals surface area contributed by atoms with E-state index in [2.05, 4.69) is 17.2 Å². The van der Waals surface area contributed by atoms with Crippen LogP contribution in [-0.4, -0.2) is 9.38 Å². The summed E-state index contributed by atoms with van der Waals surface area (Å²) < 4.78 is 1.64. The Kier molecular flexibility index (Phi) is 4.29. The van der Waals surface area contributed by atoms with Crippen LogP contribution in [0.5, 0.6) is 0 Å². The second-order valence-corrected chi connectivity index (χ2v) is 6.51. The van der Waals surface area contributed by atoms with Crippen LogP contribution in [0.2, 0.25) is 5.02 Å². The highest BCUT2D eigenvalue weighted by Crippen LogP contribution is 2.17. The van der Waals surface area contributed by atoms with E-state index in [1.807, 2.05) is 36.6 Å². The van der Waals surface area contributed by atoms with E-state index in [1.54, 1.807) is 10.5 Å². The monoisotopic (exact) mass is 333 g/mol. The lowest BCUT2D eigenvalue weighted by atomic mass is 10.1. The summed E-state index contributed by atoms with van der Waals surface area (Å²) >= 11 is 7.38. The van der Waals surface area contributed by atoms with Crippen molar-refractivity contribution < 1.29 is 0 Å². The Morgan fingerprint density at radius 2 is 2.09 bits per heavy atom. The van der Waals surface area contributed by atoms with E-state index in [1.165, 1.54) is 11.3 Å². The molecule has 2 aromatic heterocycles. The van der Waals surface area contributed by atoms with E-state index in [4.69, 9.17) is 11.6 Å². The van der Waals surface area contributed by atoms with Crippen molar-refractivity contribution in [2.75, 3.05) is 0 Å². The van der Waals surface area contributed by atoms with E-state index in [-0.39, 0.29) is 11.6 Å². The summed E-state index contributed by atoms with van der Waals surface area (Å²) in [6.07, 6.45) is 0. The van der Waals surface area contributed by atoms with Crippen LogP contribution < -0.4 is 10.9 Å². The van der Waals surface area contributed by atoms with Crippen LogP contribution in [-0.2, 0) is 6.54 Å². The van der Waals surface area contributed by atoms with Gasteiger partial charge in [0.15, 0.2) is 4.96 Å². The molecule has 0 saturated carbocycles. The number of halogens is 1. The molecule has 0 amide bonds. The smallest absolute Gasteiger partial charge is 0.259 e. The lowest BCUT2D eigenvalue weighted by Gasteiger charge is -2.14. The first-order valence-electron chi connectivity index (χ1n) is 7.00. The average Bonchev–Trinajstić information content (AvgIpc) is 2.87. The highest BCUT2D eigenvalue weighted by molar-refractivity contribution is 7.15. The van der Waals surface area contributed by atoms with Crippen molar-refractivity contribution in [3.63, 3.8) is 0 Å². The maximum absolute atomic E-state index is 12.1. The number of fused-ring (bicyclic) bond motifs is 1. The van der Waals surface area contributed by atoms with Crippen LogP contribution in [0.4, 0.5) is 0 Å². The molecule has 3 rings (SSSR count). The predicted octanol–water partition coefficient (Wildman–Crippen LogP) is 3.57. The van der Waals surface area contributed by atoms with Gasteiger partial charge in [-0.05, 0) is 31.5 Å². The standard InChI is InChI=1S/C16H16ClN3OS/c1-10-9-22-16-19-14(7-15(21)20(10)16)8-18-11(2)12-3-5-13(17)6-4-12/h3-7,9,11,18H,8H2,1-2H3. The summed E-state index contributed by atoms with van der Waals surface area (Å²) in [4.78, 5) is 17.4. The zero-order valence-corrected chi connectivity index (χ0v) is 13.9. The molecule has 0 aliphatic heterocycles. The SMILES string of the molecule is Cc1csc2nc(CNC(C)c3ccc(Cl)cc3)cc(=O)n12. The second kappa shape index (κ2) is 6.20. The van der Waals surface area contributed by atoms with E-state index < -0.39 is 0 Å². The van der Waals surface area contributed by atoms with Gasteiger partial charge in [-0.2, -0.15) is 0 Å². The zero-order chi connectivity index (χ0) is 15.7. The minimum atomic E-state index is -0.0281. The summed E-state index contributed by atoms with van der Waals surface area (Å²) in [5, 5.41) is 6.05. The normalized spacial score (nSPS) is 12.7. The molecule has 0 fully saturated rings. The van der Waals surface area contributed by atoms with Crippen molar-refractivity contribution in [3.8, 4) is 0 Å². The van der Waals surface area contributed by atoms with Crippen molar-refractivity contribution in [1.82, 2.24) is 14.7 Å². The second-order valence-electron chi connectivity index (χ2n) is 5.23. The highest BCUT2D eigenvalue weighted by Gasteiger charge is 2.09. The number of benzene rings is 1. The van der Waals surface area contributed by atoms with Gasteiger partial charge in [0, 0.05) is 34.7 Å². The number of aryl methyl sites for hydroxylation is 1. The van der Waals surface area contributed by atoms with Crippen LogP contribution in [0.1, 0.15) is 29.9 Å². The van der Waals surface area contributed by atoms with Gasteiger partial charge >= 0.3 is 0 Å². The predicted molar refractivity (Wildman–Crippen MR) is 90.8 cm³/mol. The quantitative estimate of drug-likeness (QED) is 0.794. The third-order valence-corrected chi connectivity index (χ3v) is 4.78. The highest BCUT2D eigenvalue weighted by atomic mass is 35.5. The molecule has 0 bridgehead atoms. The van der Waals surface area contributed by atoms with Crippen LogP contribution in [0.15, 0.2) is 40.5 Å². The molecule has 1 N–H and O–H groups in total. The third kappa shape index (κ3) is 3.06. The van der Waals surface area contributed by atoms with Crippen molar-refractivity contribution >= 4 is 27.9 Å². The van der Waals surface area contributed by atoms with Gasteiger partial charge in [0.1, 0.15) is 0 Å². The number of hydrogen-bond acceptors (Lipinski definition) is 4. The molecule has 3 aromatic rings. The molecule has 4 nitrogen and oxygen atoms in total. The van der Waals surface area contributed by atoms with Crippen LogP contribution >= 0.6 is 22.9 Å². The first-order chi connectivity index (χ1) is 10.5. The Bertz CT molecular complexity index is 854. The molecule has 6 heteroatoms. The molecule has 1 unspecified atom stereocenters. The van der Waals surface area contributed by atoms with Gasteiger partial charge in [0.2, 0.25) is 0 Å². The Labute approximate surface area is 137 Å².